The Balaban J connectivity index is 2.16. The highest BCUT2D eigenvalue weighted by molar-refractivity contribution is 7.91. The third-order valence-corrected chi connectivity index (χ3v) is 7.21. The molecule has 0 saturated carbocycles. The van der Waals surface area contributed by atoms with E-state index in [0.29, 0.717) is 23.5 Å². The van der Waals surface area contributed by atoms with E-state index in [1.54, 1.807) is 43.3 Å². The SMILES string of the molecule is CCCCn1c(C)c(C)c(S(=O)(=O)c2ccc(C)cc2)c1NC(=O)c1ccncc1. The van der Waals surface area contributed by atoms with E-state index in [1.807, 2.05) is 18.4 Å². The second-order valence-electron chi connectivity index (χ2n) is 7.40. The summed E-state index contributed by atoms with van der Waals surface area (Å²) in [6.07, 6.45) is 4.89. The summed E-state index contributed by atoms with van der Waals surface area (Å²) in [6, 6.07) is 9.97. The number of aryl methyl sites for hydroxylation is 1. The molecule has 0 bridgehead atoms. The summed E-state index contributed by atoms with van der Waals surface area (Å²) in [6.45, 7) is 8.29. The van der Waals surface area contributed by atoms with Gasteiger partial charge in [-0.15, -0.1) is 0 Å². The highest BCUT2D eigenvalue weighted by Crippen LogP contribution is 2.36. The van der Waals surface area contributed by atoms with Crippen LogP contribution in [0, 0.1) is 20.8 Å². The van der Waals surface area contributed by atoms with Gasteiger partial charge in [-0.05, 0) is 57.0 Å². The van der Waals surface area contributed by atoms with Crippen molar-refractivity contribution in [2.45, 2.75) is 56.9 Å². The van der Waals surface area contributed by atoms with Crippen molar-refractivity contribution in [1.29, 1.82) is 0 Å². The molecule has 7 heteroatoms. The molecule has 0 radical (unpaired) electrons. The lowest BCUT2D eigenvalue weighted by Gasteiger charge is -2.14. The summed E-state index contributed by atoms with van der Waals surface area (Å²) in [5, 5.41) is 2.87. The molecule has 3 rings (SSSR count). The lowest BCUT2D eigenvalue weighted by molar-refractivity contribution is 0.102. The molecule has 0 spiro atoms. The van der Waals surface area contributed by atoms with Gasteiger partial charge in [0.25, 0.3) is 5.91 Å². The van der Waals surface area contributed by atoms with Crippen LogP contribution in [-0.2, 0) is 16.4 Å². The van der Waals surface area contributed by atoms with Crippen LogP contribution < -0.4 is 5.32 Å². The van der Waals surface area contributed by atoms with Crippen molar-refractivity contribution in [3.63, 3.8) is 0 Å². The number of sulfone groups is 1. The van der Waals surface area contributed by atoms with Gasteiger partial charge in [0.1, 0.15) is 10.7 Å². The highest BCUT2D eigenvalue weighted by atomic mass is 32.2. The van der Waals surface area contributed by atoms with Gasteiger partial charge in [-0.25, -0.2) is 8.42 Å². The van der Waals surface area contributed by atoms with Gasteiger partial charge in [-0.1, -0.05) is 31.0 Å². The van der Waals surface area contributed by atoms with E-state index >= 15 is 0 Å². The molecule has 0 fully saturated rings. The molecular weight excluding hydrogens is 398 g/mol. The zero-order valence-corrected chi connectivity index (χ0v) is 18.6. The summed E-state index contributed by atoms with van der Waals surface area (Å²) in [5.41, 5.74) is 2.88. The molecule has 2 aromatic heterocycles. The van der Waals surface area contributed by atoms with Gasteiger partial charge in [0.2, 0.25) is 9.84 Å². The van der Waals surface area contributed by atoms with Gasteiger partial charge in [0, 0.05) is 30.2 Å². The average Bonchev–Trinajstić information content (AvgIpc) is 2.97. The molecule has 3 aromatic rings. The molecule has 0 aliphatic rings. The van der Waals surface area contributed by atoms with Crippen LogP contribution in [0.5, 0.6) is 0 Å². The fourth-order valence-electron chi connectivity index (χ4n) is 3.40. The lowest BCUT2D eigenvalue weighted by atomic mass is 10.2. The molecule has 1 N–H and O–H groups in total. The van der Waals surface area contributed by atoms with Crippen LogP contribution in [0.3, 0.4) is 0 Å². The Morgan fingerprint density at radius 3 is 2.27 bits per heavy atom. The first-order valence-electron chi connectivity index (χ1n) is 10.00. The van der Waals surface area contributed by atoms with Gasteiger partial charge in [0.15, 0.2) is 0 Å². The van der Waals surface area contributed by atoms with Crippen LogP contribution in [0.25, 0.3) is 0 Å². The Bertz CT molecular complexity index is 1150. The van der Waals surface area contributed by atoms with E-state index in [9.17, 15) is 13.2 Å². The maximum Gasteiger partial charge on any atom is 0.256 e. The van der Waals surface area contributed by atoms with E-state index < -0.39 is 9.84 Å². The number of nitrogens with zero attached hydrogens (tertiary/aromatic N) is 2. The Labute approximate surface area is 177 Å². The monoisotopic (exact) mass is 425 g/mol. The van der Waals surface area contributed by atoms with E-state index in [-0.39, 0.29) is 15.7 Å². The molecule has 0 atom stereocenters. The van der Waals surface area contributed by atoms with Crippen molar-refractivity contribution in [1.82, 2.24) is 9.55 Å². The standard InChI is InChI=1S/C23H27N3O3S/c1-5-6-15-26-18(4)17(3)21(30(28,29)20-9-7-16(2)8-10-20)22(26)25-23(27)19-11-13-24-14-12-19/h7-14H,5-6,15H2,1-4H3,(H,25,27). The number of amides is 1. The number of hydrogen-bond donors (Lipinski definition) is 1. The maximum absolute atomic E-state index is 13.6. The van der Waals surface area contributed by atoms with Crippen LogP contribution in [-0.4, -0.2) is 23.9 Å². The number of carbonyl (C=O) groups excluding carboxylic acids is 1. The van der Waals surface area contributed by atoms with E-state index in [2.05, 4.69) is 17.2 Å². The van der Waals surface area contributed by atoms with Gasteiger partial charge in [-0.3, -0.25) is 9.78 Å². The number of aromatic nitrogens is 2. The number of pyridine rings is 1. The summed E-state index contributed by atoms with van der Waals surface area (Å²) < 4.78 is 29.0. The average molecular weight is 426 g/mol. The first kappa shape index (κ1) is 21.8. The van der Waals surface area contributed by atoms with Gasteiger partial charge < -0.3 is 9.88 Å². The van der Waals surface area contributed by atoms with E-state index in [4.69, 9.17) is 0 Å². The fourth-order valence-corrected chi connectivity index (χ4v) is 5.10. The molecule has 2 heterocycles. The highest BCUT2D eigenvalue weighted by Gasteiger charge is 2.30. The molecule has 6 nitrogen and oxygen atoms in total. The first-order chi connectivity index (χ1) is 14.3. The number of carbonyl (C=O) groups is 1. The zero-order valence-electron chi connectivity index (χ0n) is 17.8. The van der Waals surface area contributed by atoms with Crippen LogP contribution in [0.4, 0.5) is 5.82 Å². The number of rotatable bonds is 7. The minimum Gasteiger partial charge on any atom is -0.331 e. The predicted molar refractivity (Wildman–Crippen MR) is 118 cm³/mol. The first-order valence-corrected chi connectivity index (χ1v) is 11.5. The molecule has 30 heavy (non-hydrogen) atoms. The summed E-state index contributed by atoms with van der Waals surface area (Å²) in [5.74, 6) is -0.0474. The van der Waals surface area contributed by atoms with Gasteiger partial charge in [-0.2, -0.15) is 0 Å². The minimum atomic E-state index is -3.82. The zero-order chi connectivity index (χ0) is 21.9. The third kappa shape index (κ3) is 4.16. The van der Waals surface area contributed by atoms with Crippen LogP contribution >= 0.6 is 0 Å². The van der Waals surface area contributed by atoms with Crippen LogP contribution in [0.15, 0.2) is 58.6 Å². The van der Waals surface area contributed by atoms with Gasteiger partial charge >= 0.3 is 0 Å². The molecule has 0 aliphatic carbocycles. The summed E-state index contributed by atoms with van der Waals surface area (Å²) in [7, 11) is -3.82. The molecule has 158 valence electrons. The molecule has 0 saturated heterocycles. The summed E-state index contributed by atoms with van der Waals surface area (Å²) in [4.78, 5) is 17.2. The Morgan fingerprint density at radius 2 is 1.67 bits per heavy atom. The molecule has 0 unspecified atom stereocenters. The second-order valence-corrected chi connectivity index (χ2v) is 9.29. The number of benzene rings is 1. The molecule has 1 amide bonds. The quantitative estimate of drug-likeness (QED) is 0.595. The van der Waals surface area contributed by atoms with Crippen molar-refractivity contribution in [3.8, 4) is 0 Å². The van der Waals surface area contributed by atoms with Crippen LogP contribution in [0.2, 0.25) is 0 Å². The second kappa shape index (κ2) is 8.83. The fraction of sp³-hybridized carbons (Fsp3) is 0.304. The lowest BCUT2D eigenvalue weighted by Crippen LogP contribution is -2.18. The van der Waals surface area contributed by atoms with E-state index in [0.717, 1.165) is 24.1 Å². The number of hydrogen-bond acceptors (Lipinski definition) is 4. The predicted octanol–water partition coefficient (Wildman–Crippen LogP) is 4.69. The van der Waals surface area contributed by atoms with Crippen molar-refractivity contribution in [2.75, 3.05) is 5.32 Å². The minimum absolute atomic E-state index is 0.155. The summed E-state index contributed by atoms with van der Waals surface area (Å²) >= 11 is 0. The van der Waals surface area contributed by atoms with Gasteiger partial charge in [0.05, 0.1) is 4.90 Å². The van der Waals surface area contributed by atoms with Crippen molar-refractivity contribution in [3.05, 3.63) is 71.2 Å². The van der Waals surface area contributed by atoms with Crippen molar-refractivity contribution in [2.24, 2.45) is 0 Å². The normalized spacial score (nSPS) is 11.5. The Kier molecular flexibility index (Phi) is 6.41. The van der Waals surface area contributed by atoms with Crippen LogP contribution in [0.1, 0.15) is 46.9 Å². The molecule has 0 aliphatic heterocycles. The Morgan fingerprint density at radius 1 is 1.03 bits per heavy atom. The molecular formula is C23H27N3O3S. The number of anilines is 1. The molecule has 1 aromatic carbocycles. The Hall–Kier alpha value is -2.93. The number of nitrogens with one attached hydrogen (secondary N) is 1. The number of unbranched alkanes of at least 4 members (excludes halogenated alkanes) is 1. The van der Waals surface area contributed by atoms with Crippen molar-refractivity contribution >= 4 is 21.6 Å². The smallest absolute Gasteiger partial charge is 0.256 e. The topological polar surface area (TPSA) is 81.1 Å². The third-order valence-electron chi connectivity index (χ3n) is 5.28. The van der Waals surface area contributed by atoms with E-state index in [1.165, 1.54) is 12.4 Å². The largest absolute Gasteiger partial charge is 0.331 e. The maximum atomic E-state index is 13.6. The van der Waals surface area contributed by atoms with Crippen molar-refractivity contribution < 1.29 is 13.2 Å².